The number of rotatable bonds is 4. The Hall–Kier alpha value is -0.570. The maximum Gasteiger partial charge on any atom is 0.222 e. The molecule has 1 saturated heterocycles. The van der Waals surface area contributed by atoms with E-state index in [1.807, 2.05) is 0 Å². The zero-order valence-electron chi connectivity index (χ0n) is 12.9. The second kappa shape index (κ2) is 6.05. The topological polar surface area (TPSA) is 46.3 Å². The predicted octanol–water partition coefficient (Wildman–Crippen LogP) is 2.79. The van der Waals surface area contributed by atoms with E-state index < -0.39 is 0 Å². The summed E-state index contributed by atoms with van der Waals surface area (Å²) >= 11 is 0. The van der Waals surface area contributed by atoms with Gasteiger partial charge in [0.25, 0.3) is 0 Å². The zero-order valence-corrected chi connectivity index (χ0v) is 12.9. The van der Waals surface area contributed by atoms with Crippen LogP contribution in [0.2, 0.25) is 0 Å². The molecule has 3 rings (SSSR count). The maximum absolute atomic E-state index is 12.6. The average Bonchev–Trinajstić information content (AvgIpc) is 2.28. The van der Waals surface area contributed by atoms with Crippen LogP contribution in [0, 0.1) is 23.7 Å². The highest BCUT2D eigenvalue weighted by Gasteiger charge is 2.38. The van der Waals surface area contributed by atoms with Crippen LogP contribution in [-0.4, -0.2) is 29.9 Å². The SMILES string of the molecule is C[C@@H]1CCN(C(=O)CC(C2CCC2)C2CCC2)C[C@@H]1N. The van der Waals surface area contributed by atoms with Crippen molar-refractivity contribution in [1.82, 2.24) is 4.90 Å². The third kappa shape index (κ3) is 2.88. The molecule has 3 aliphatic rings. The molecule has 20 heavy (non-hydrogen) atoms. The largest absolute Gasteiger partial charge is 0.341 e. The minimum absolute atomic E-state index is 0.179. The van der Waals surface area contributed by atoms with Crippen molar-refractivity contribution >= 4 is 5.91 Å². The van der Waals surface area contributed by atoms with Gasteiger partial charge in [-0.2, -0.15) is 0 Å². The number of piperidine rings is 1. The van der Waals surface area contributed by atoms with Crippen LogP contribution in [0.4, 0.5) is 0 Å². The molecule has 1 aliphatic heterocycles. The van der Waals surface area contributed by atoms with Gasteiger partial charge in [0.2, 0.25) is 5.91 Å². The van der Waals surface area contributed by atoms with E-state index in [0.29, 0.717) is 17.7 Å². The molecule has 2 saturated carbocycles. The summed E-state index contributed by atoms with van der Waals surface area (Å²) in [5.41, 5.74) is 6.14. The van der Waals surface area contributed by atoms with Gasteiger partial charge in [0.15, 0.2) is 0 Å². The molecule has 0 radical (unpaired) electrons. The van der Waals surface area contributed by atoms with E-state index in [0.717, 1.165) is 37.8 Å². The maximum atomic E-state index is 12.6. The van der Waals surface area contributed by atoms with E-state index in [-0.39, 0.29) is 6.04 Å². The van der Waals surface area contributed by atoms with Crippen LogP contribution in [0.5, 0.6) is 0 Å². The van der Waals surface area contributed by atoms with Gasteiger partial charge in [-0.1, -0.05) is 45.4 Å². The van der Waals surface area contributed by atoms with Gasteiger partial charge >= 0.3 is 0 Å². The van der Waals surface area contributed by atoms with Crippen molar-refractivity contribution in [3.8, 4) is 0 Å². The molecular weight excluding hydrogens is 248 g/mol. The lowest BCUT2D eigenvalue weighted by atomic mass is 9.63. The number of carbonyl (C=O) groups is 1. The zero-order chi connectivity index (χ0) is 14.1. The van der Waals surface area contributed by atoms with Crippen molar-refractivity contribution in [3.63, 3.8) is 0 Å². The van der Waals surface area contributed by atoms with E-state index in [9.17, 15) is 4.79 Å². The molecule has 1 amide bonds. The molecule has 0 aromatic rings. The molecular formula is C17H30N2O. The Bertz CT molecular complexity index is 335. The van der Waals surface area contributed by atoms with Crippen molar-refractivity contribution in [1.29, 1.82) is 0 Å². The van der Waals surface area contributed by atoms with Gasteiger partial charge in [0, 0.05) is 25.6 Å². The van der Waals surface area contributed by atoms with Crippen LogP contribution in [-0.2, 0) is 4.79 Å². The fraction of sp³-hybridized carbons (Fsp3) is 0.941. The summed E-state index contributed by atoms with van der Waals surface area (Å²) in [6.45, 7) is 3.91. The van der Waals surface area contributed by atoms with Crippen LogP contribution >= 0.6 is 0 Å². The second-order valence-corrected chi connectivity index (χ2v) is 7.52. The Labute approximate surface area is 123 Å². The summed E-state index contributed by atoms with van der Waals surface area (Å²) in [6, 6.07) is 0.179. The lowest BCUT2D eigenvalue weighted by Gasteiger charge is -2.43. The Morgan fingerprint density at radius 3 is 2.20 bits per heavy atom. The molecule has 3 fully saturated rings. The monoisotopic (exact) mass is 278 g/mol. The average molecular weight is 278 g/mol. The molecule has 0 bridgehead atoms. The molecule has 1 heterocycles. The first-order valence-corrected chi connectivity index (χ1v) is 8.68. The Kier molecular flexibility index (Phi) is 4.34. The van der Waals surface area contributed by atoms with Gasteiger partial charge in [-0.25, -0.2) is 0 Å². The van der Waals surface area contributed by atoms with Gasteiger partial charge in [0.1, 0.15) is 0 Å². The van der Waals surface area contributed by atoms with Gasteiger partial charge in [0.05, 0.1) is 0 Å². The first kappa shape index (κ1) is 14.4. The first-order chi connectivity index (χ1) is 9.65. The predicted molar refractivity (Wildman–Crippen MR) is 81.1 cm³/mol. The molecule has 0 spiro atoms. The smallest absolute Gasteiger partial charge is 0.222 e. The summed E-state index contributed by atoms with van der Waals surface area (Å²) in [5, 5.41) is 0. The summed E-state index contributed by atoms with van der Waals surface area (Å²) in [7, 11) is 0. The van der Waals surface area contributed by atoms with Crippen molar-refractivity contribution in [2.24, 2.45) is 29.4 Å². The van der Waals surface area contributed by atoms with E-state index in [2.05, 4.69) is 11.8 Å². The Morgan fingerprint density at radius 1 is 1.15 bits per heavy atom. The van der Waals surface area contributed by atoms with Gasteiger partial charge < -0.3 is 10.6 Å². The van der Waals surface area contributed by atoms with E-state index in [1.54, 1.807) is 0 Å². The molecule has 0 unspecified atom stereocenters. The third-order valence-corrected chi connectivity index (χ3v) is 6.29. The Balaban J connectivity index is 1.55. The molecule has 2 aliphatic carbocycles. The molecule has 3 heteroatoms. The number of hydrogen-bond donors (Lipinski definition) is 1. The number of hydrogen-bond acceptors (Lipinski definition) is 2. The highest BCUT2D eigenvalue weighted by atomic mass is 16.2. The standard InChI is InChI=1S/C17H30N2O/c1-12-8-9-19(11-16(12)18)17(20)10-15(13-4-2-5-13)14-6-3-7-14/h12-16H,2-11,18H2,1H3/t12-,16+/m1/s1. The quantitative estimate of drug-likeness (QED) is 0.859. The minimum atomic E-state index is 0.179. The number of nitrogens with two attached hydrogens (primary N) is 1. The van der Waals surface area contributed by atoms with Gasteiger partial charge in [-0.05, 0) is 30.1 Å². The van der Waals surface area contributed by atoms with Crippen LogP contribution in [0.15, 0.2) is 0 Å². The number of amides is 1. The summed E-state index contributed by atoms with van der Waals surface area (Å²) < 4.78 is 0. The van der Waals surface area contributed by atoms with E-state index in [1.165, 1.54) is 38.5 Å². The minimum Gasteiger partial charge on any atom is -0.341 e. The van der Waals surface area contributed by atoms with Crippen LogP contribution in [0.3, 0.4) is 0 Å². The van der Waals surface area contributed by atoms with Crippen molar-refractivity contribution in [2.45, 2.75) is 64.3 Å². The fourth-order valence-electron chi connectivity index (χ4n) is 4.11. The highest BCUT2D eigenvalue weighted by molar-refractivity contribution is 5.76. The normalized spacial score (nSPS) is 32.0. The lowest BCUT2D eigenvalue weighted by Crippen LogP contribution is -2.50. The van der Waals surface area contributed by atoms with Gasteiger partial charge in [-0.3, -0.25) is 4.79 Å². The van der Waals surface area contributed by atoms with Crippen LogP contribution < -0.4 is 5.73 Å². The van der Waals surface area contributed by atoms with Crippen molar-refractivity contribution in [3.05, 3.63) is 0 Å². The third-order valence-electron chi connectivity index (χ3n) is 6.29. The van der Waals surface area contributed by atoms with Crippen molar-refractivity contribution in [2.75, 3.05) is 13.1 Å². The van der Waals surface area contributed by atoms with Crippen LogP contribution in [0.1, 0.15) is 58.3 Å². The molecule has 2 N–H and O–H groups in total. The molecule has 114 valence electrons. The first-order valence-electron chi connectivity index (χ1n) is 8.68. The second-order valence-electron chi connectivity index (χ2n) is 7.52. The van der Waals surface area contributed by atoms with E-state index >= 15 is 0 Å². The molecule has 0 aromatic carbocycles. The summed E-state index contributed by atoms with van der Waals surface area (Å²) in [5.74, 6) is 3.33. The molecule has 2 atom stereocenters. The highest BCUT2D eigenvalue weighted by Crippen LogP contribution is 2.46. The van der Waals surface area contributed by atoms with Crippen LogP contribution in [0.25, 0.3) is 0 Å². The summed E-state index contributed by atoms with van der Waals surface area (Å²) in [4.78, 5) is 14.7. The molecule has 0 aromatic heterocycles. The fourth-order valence-corrected chi connectivity index (χ4v) is 4.11. The van der Waals surface area contributed by atoms with E-state index in [4.69, 9.17) is 5.73 Å². The molecule has 3 nitrogen and oxygen atoms in total. The van der Waals surface area contributed by atoms with Crippen molar-refractivity contribution < 1.29 is 4.79 Å². The summed E-state index contributed by atoms with van der Waals surface area (Å²) in [6.07, 6.45) is 10.1. The number of likely N-dealkylation sites (tertiary alicyclic amines) is 1. The Morgan fingerprint density at radius 2 is 1.75 bits per heavy atom. The number of nitrogens with zero attached hydrogens (tertiary/aromatic N) is 1. The lowest BCUT2D eigenvalue weighted by molar-refractivity contribution is -0.135. The van der Waals surface area contributed by atoms with Gasteiger partial charge in [-0.15, -0.1) is 0 Å². The number of carbonyl (C=O) groups excluding carboxylic acids is 1.